The number of hydrogen-bond acceptors (Lipinski definition) is 3. The maximum atomic E-state index is 12.8. The highest BCUT2D eigenvalue weighted by atomic mass is 35.5. The average Bonchev–Trinajstić information content (AvgIpc) is 2.72. The summed E-state index contributed by atoms with van der Waals surface area (Å²) in [6, 6.07) is 16.0. The van der Waals surface area contributed by atoms with Crippen molar-refractivity contribution in [1.29, 1.82) is 0 Å². The van der Waals surface area contributed by atoms with E-state index in [0.717, 1.165) is 55.2 Å². The fourth-order valence-electron chi connectivity index (χ4n) is 3.79. The van der Waals surface area contributed by atoms with Gasteiger partial charge >= 0.3 is 0 Å². The zero-order valence-electron chi connectivity index (χ0n) is 16.7. The molecule has 28 heavy (non-hydrogen) atoms. The molecule has 1 fully saturated rings. The monoisotopic (exact) mass is 400 g/mol. The van der Waals surface area contributed by atoms with Crippen molar-refractivity contribution in [2.75, 3.05) is 20.2 Å². The normalized spacial score (nSPS) is 16.5. The summed E-state index contributed by atoms with van der Waals surface area (Å²) in [4.78, 5) is 15.2. The van der Waals surface area contributed by atoms with Gasteiger partial charge in [0, 0.05) is 17.5 Å². The Morgan fingerprint density at radius 3 is 2.54 bits per heavy atom. The van der Waals surface area contributed by atoms with Crippen LogP contribution in [0, 0.1) is 5.92 Å². The molecule has 0 spiro atoms. The quantitative estimate of drug-likeness (QED) is 0.723. The molecular formula is C23H29ClN2O2. The van der Waals surface area contributed by atoms with E-state index < -0.39 is 0 Å². The molecule has 3 rings (SSSR count). The van der Waals surface area contributed by atoms with Crippen LogP contribution in [0.3, 0.4) is 0 Å². The van der Waals surface area contributed by atoms with E-state index >= 15 is 0 Å². The summed E-state index contributed by atoms with van der Waals surface area (Å²) in [6.07, 6.45) is 2.66. The van der Waals surface area contributed by atoms with Gasteiger partial charge in [0.05, 0.1) is 13.2 Å². The summed E-state index contributed by atoms with van der Waals surface area (Å²) < 4.78 is 5.22. The first kappa shape index (κ1) is 20.7. The predicted molar refractivity (Wildman–Crippen MR) is 114 cm³/mol. The lowest BCUT2D eigenvalue weighted by Gasteiger charge is -2.32. The molecule has 1 heterocycles. The number of nitrogens with one attached hydrogen (secondary N) is 1. The summed E-state index contributed by atoms with van der Waals surface area (Å²) >= 11 is 6.08. The van der Waals surface area contributed by atoms with E-state index in [2.05, 4.69) is 23.2 Å². The average molecular weight is 401 g/mol. The van der Waals surface area contributed by atoms with Crippen molar-refractivity contribution in [2.45, 2.75) is 38.8 Å². The van der Waals surface area contributed by atoms with E-state index in [-0.39, 0.29) is 17.9 Å². The van der Waals surface area contributed by atoms with Gasteiger partial charge in [-0.1, -0.05) is 42.8 Å². The number of amides is 1. The zero-order chi connectivity index (χ0) is 19.9. The molecule has 0 radical (unpaired) electrons. The second kappa shape index (κ2) is 9.94. The third-order valence-corrected chi connectivity index (χ3v) is 5.73. The minimum atomic E-state index is 0.0443. The Morgan fingerprint density at radius 2 is 1.93 bits per heavy atom. The first-order valence-corrected chi connectivity index (χ1v) is 10.4. The number of methoxy groups -OCH3 is 1. The van der Waals surface area contributed by atoms with Gasteiger partial charge in [-0.05, 0) is 67.7 Å². The molecule has 1 amide bonds. The summed E-state index contributed by atoms with van der Waals surface area (Å²) in [6.45, 7) is 4.86. The summed E-state index contributed by atoms with van der Waals surface area (Å²) in [5.74, 6) is 1.09. The van der Waals surface area contributed by atoms with Gasteiger partial charge < -0.3 is 10.1 Å². The third-order valence-electron chi connectivity index (χ3n) is 5.50. The van der Waals surface area contributed by atoms with E-state index in [9.17, 15) is 4.79 Å². The van der Waals surface area contributed by atoms with Crippen molar-refractivity contribution in [1.82, 2.24) is 10.2 Å². The molecule has 1 saturated heterocycles. The molecule has 1 aliphatic rings. The molecule has 2 aromatic rings. The first-order chi connectivity index (χ1) is 13.6. The molecule has 2 aromatic carbocycles. The van der Waals surface area contributed by atoms with Gasteiger partial charge in [-0.2, -0.15) is 0 Å². The fraction of sp³-hybridized carbons (Fsp3) is 0.435. The number of nitrogens with zero attached hydrogens (tertiary/aromatic N) is 1. The number of benzene rings is 2. The second-order valence-electron chi connectivity index (χ2n) is 7.42. The molecule has 1 aliphatic heterocycles. The maximum absolute atomic E-state index is 12.8. The number of rotatable bonds is 7. The summed E-state index contributed by atoms with van der Waals surface area (Å²) in [7, 11) is 1.66. The first-order valence-electron chi connectivity index (χ1n) is 10.00. The van der Waals surface area contributed by atoms with Crippen LogP contribution in [0.2, 0.25) is 5.02 Å². The van der Waals surface area contributed by atoms with Crippen molar-refractivity contribution >= 4 is 17.5 Å². The Morgan fingerprint density at radius 1 is 1.21 bits per heavy atom. The number of halogens is 1. The van der Waals surface area contributed by atoms with Crippen LogP contribution in [0.4, 0.5) is 0 Å². The van der Waals surface area contributed by atoms with Crippen molar-refractivity contribution in [3.8, 4) is 5.75 Å². The Kier molecular flexibility index (Phi) is 7.35. The van der Waals surface area contributed by atoms with Crippen molar-refractivity contribution in [3.63, 3.8) is 0 Å². The van der Waals surface area contributed by atoms with E-state index in [0.29, 0.717) is 0 Å². The van der Waals surface area contributed by atoms with Crippen LogP contribution < -0.4 is 10.1 Å². The van der Waals surface area contributed by atoms with Gasteiger partial charge in [0.15, 0.2) is 0 Å². The summed E-state index contributed by atoms with van der Waals surface area (Å²) in [5.41, 5.74) is 2.34. The molecule has 0 aromatic heterocycles. The second-order valence-corrected chi connectivity index (χ2v) is 7.86. The largest absolute Gasteiger partial charge is 0.497 e. The molecule has 0 aliphatic carbocycles. The highest BCUT2D eigenvalue weighted by Gasteiger charge is 2.26. The molecule has 4 nitrogen and oxygen atoms in total. The van der Waals surface area contributed by atoms with Gasteiger partial charge in [-0.15, -0.1) is 0 Å². The fourth-order valence-corrected chi connectivity index (χ4v) is 4.01. The SMILES string of the molecule is CC[C@@H](NC(=O)C1CCN(Cc2cccc(Cl)c2)CC1)c1ccc(OC)cc1. The van der Waals surface area contributed by atoms with E-state index in [1.54, 1.807) is 7.11 Å². The molecule has 0 unspecified atom stereocenters. The van der Waals surface area contributed by atoms with Gasteiger partial charge in [-0.25, -0.2) is 0 Å². The number of hydrogen-bond donors (Lipinski definition) is 1. The molecule has 1 N–H and O–H groups in total. The van der Waals surface area contributed by atoms with Crippen LogP contribution in [0.15, 0.2) is 48.5 Å². The Hall–Kier alpha value is -2.04. The highest BCUT2D eigenvalue weighted by molar-refractivity contribution is 6.30. The lowest BCUT2D eigenvalue weighted by molar-refractivity contribution is -0.127. The number of carbonyl (C=O) groups excluding carboxylic acids is 1. The Labute approximate surface area is 172 Å². The van der Waals surface area contributed by atoms with Crippen LogP contribution in [-0.2, 0) is 11.3 Å². The highest BCUT2D eigenvalue weighted by Crippen LogP contribution is 2.24. The van der Waals surface area contributed by atoms with Gasteiger partial charge in [0.1, 0.15) is 5.75 Å². The van der Waals surface area contributed by atoms with Crippen LogP contribution in [-0.4, -0.2) is 31.0 Å². The number of carbonyl (C=O) groups is 1. The lowest BCUT2D eigenvalue weighted by Crippen LogP contribution is -2.41. The molecule has 1 atom stereocenters. The summed E-state index contributed by atoms with van der Waals surface area (Å²) in [5, 5.41) is 4.02. The third kappa shape index (κ3) is 5.49. The Bertz CT molecular complexity index is 770. The topological polar surface area (TPSA) is 41.6 Å². The van der Waals surface area contributed by atoms with E-state index in [1.807, 2.05) is 42.5 Å². The predicted octanol–water partition coefficient (Wildman–Crippen LogP) is 4.83. The standard InChI is InChI=1S/C23H29ClN2O2/c1-3-22(18-7-9-21(28-2)10-8-18)25-23(27)19-11-13-26(14-12-19)16-17-5-4-6-20(24)15-17/h4-10,15,19,22H,3,11-14,16H2,1-2H3,(H,25,27)/t22-/m1/s1. The minimum Gasteiger partial charge on any atom is -0.497 e. The van der Waals surface area contributed by atoms with E-state index in [4.69, 9.17) is 16.3 Å². The van der Waals surface area contributed by atoms with Crippen molar-refractivity contribution < 1.29 is 9.53 Å². The number of piperidine rings is 1. The number of likely N-dealkylation sites (tertiary alicyclic amines) is 1. The smallest absolute Gasteiger partial charge is 0.223 e. The molecule has 0 saturated carbocycles. The van der Waals surface area contributed by atoms with Crippen molar-refractivity contribution in [2.24, 2.45) is 5.92 Å². The van der Waals surface area contributed by atoms with E-state index in [1.165, 1.54) is 5.56 Å². The zero-order valence-corrected chi connectivity index (χ0v) is 17.4. The molecule has 0 bridgehead atoms. The minimum absolute atomic E-state index is 0.0443. The molecular weight excluding hydrogens is 372 g/mol. The number of ether oxygens (including phenoxy) is 1. The Balaban J connectivity index is 1.51. The van der Waals surface area contributed by atoms with Crippen LogP contribution in [0.5, 0.6) is 5.75 Å². The van der Waals surface area contributed by atoms with Gasteiger partial charge in [0.25, 0.3) is 0 Å². The van der Waals surface area contributed by atoms with Crippen LogP contribution >= 0.6 is 11.6 Å². The van der Waals surface area contributed by atoms with Gasteiger partial charge in [0.2, 0.25) is 5.91 Å². The lowest BCUT2D eigenvalue weighted by atomic mass is 9.94. The van der Waals surface area contributed by atoms with Crippen molar-refractivity contribution in [3.05, 3.63) is 64.7 Å². The maximum Gasteiger partial charge on any atom is 0.223 e. The van der Waals surface area contributed by atoms with Gasteiger partial charge in [-0.3, -0.25) is 9.69 Å². The van der Waals surface area contributed by atoms with Crippen LogP contribution in [0.1, 0.15) is 43.4 Å². The molecule has 150 valence electrons. The molecule has 5 heteroatoms. The van der Waals surface area contributed by atoms with Crippen LogP contribution in [0.25, 0.3) is 0 Å².